The summed E-state index contributed by atoms with van der Waals surface area (Å²) < 4.78 is 15.6. The number of anilines is 1. The molecule has 0 saturated carbocycles. The van der Waals surface area contributed by atoms with E-state index in [4.69, 9.17) is 29.8 Å². The van der Waals surface area contributed by atoms with E-state index in [2.05, 4.69) is 17.7 Å². The highest BCUT2D eigenvalue weighted by Crippen LogP contribution is 2.15. The number of hydrogen-bond acceptors (Lipinski definition) is 10. The molecule has 0 bridgehead atoms. The van der Waals surface area contributed by atoms with Crippen molar-refractivity contribution in [2.24, 2.45) is 5.73 Å². The molecule has 1 unspecified atom stereocenters. The Morgan fingerprint density at radius 2 is 1.71 bits per heavy atom. The maximum absolute atomic E-state index is 11.6. The van der Waals surface area contributed by atoms with Gasteiger partial charge in [0.2, 0.25) is 12.3 Å². The quantitative estimate of drug-likeness (QED) is 0.107. The molecule has 12 nitrogen and oxygen atoms in total. The smallest absolute Gasteiger partial charge is 0.234 e. The number of rotatable bonds is 20. The first-order valence-corrected chi connectivity index (χ1v) is 12.6. The number of unbranched alkanes of at least 4 members (excludes halogenated alkanes) is 1. The van der Waals surface area contributed by atoms with Gasteiger partial charge in [0.1, 0.15) is 13.1 Å². The molecule has 1 rings (SSSR count). The van der Waals surface area contributed by atoms with Gasteiger partial charge in [0.15, 0.2) is 0 Å². The highest BCUT2D eigenvalue weighted by molar-refractivity contribution is 5.80. The largest absolute Gasteiger partial charge is 0.389 e. The van der Waals surface area contributed by atoms with Crippen LogP contribution in [-0.2, 0) is 35.1 Å². The van der Waals surface area contributed by atoms with E-state index in [0.717, 1.165) is 37.7 Å². The maximum atomic E-state index is 11.6. The topological polar surface area (TPSA) is 170 Å². The van der Waals surface area contributed by atoms with Gasteiger partial charge in [0.25, 0.3) is 0 Å². The second-order valence-corrected chi connectivity index (χ2v) is 7.98. The van der Waals surface area contributed by atoms with Crippen LogP contribution in [-0.4, -0.2) is 94.8 Å². The maximum Gasteiger partial charge on any atom is 0.234 e. The first kappa shape index (κ1) is 37.4. The van der Waals surface area contributed by atoms with E-state index >= 15 is 0 Å². The molecule has 0 aliphatic carbocycles. The zero-order valence-corrected chi connectivity index (χ0v) is 23.0. The fourth-order valence-corrected chi connectivity index (χ4v) is 2.79. The number of nitrogens with zero attached hydrogens (tertiary/aromatic N) is 1. The van der Waals surface area contributed by atoms with Gasteiger partial charge in [-0.25, -0.2) is 5.01 Å². The molecule has 0 aliphatic heterocycles. The molecule has 0 aliphatic rings. The second-order valence-electron chi connectivity index (χ2n) is 7.98. The van der Waals surface area contributed by atoms with Crippen LogP contribution in [0.5, 0.6) is 0 Å². The molecule has 0 radical (unpaired) electrons. The van der Waals surface area contributed by atoms with Gasteiger partial charge in [0.05, 0.1) is 39.1 Å². The van der Waals surface area contributed by atoms with Crippen LogP contribution in [0.4, 0.5) is 5.69 Å². The Hall–Kier alpha value is -2.74. The van der Waals surface area contributed by atoms with E-state index in [0.29, 0.717) is 57.1 Å². The molecule has 38 heavy (non-hydrogen) atoms. The average Bonchev–Trinajstić information content (AvgIpc) is 2.92. The summed E-state index contributed by atoms with van der Waals surface area (Å²) in [6.07, 6.45) is 4.08. The Bertz CT molecular complexity index is 739. The van der Waals surface area contributed by atoms with Gasteiger partial charge in [-0.1, -0.05) is 20.3 Å². The first-order valence-electron chi connectivity index (χ1n) is 12.6. The van der Waals surface area contributed by atoms with Crippen LogP contribution in [0.2, 0.25) is 0 Å². The Morgan fingerprint density at radius 3 is 2.26 bits per heavy atom. The molecule has 218 valence electrons. The lowest BCUT2D eigenvalue weighted by atomic mass is 10.1. The molecule has 0 aromatic heterocycles. The van der Waals surface area contributed by atoms with Crippen molar-refractivity contribution in [2.75, 3.05) is 58.6 Å². The van der Waals surface area contributed by atoms with E-state index in [-0.39, 0.29) is 19.1 Å². The van der Waals surface area contributed by atoms with Crippen LogP contribution in [0.25, 0.3) is 0 Å². The number of benzene rings is 1. The van der Waals surface area contributed by atoms with E-state index < -0.39 is 6.10 Å². The number of carbonyl (C=O) groups excluding carboxylic acids is 4. The van der Waals surface area contributed by atoms with Gasteiger partial charge >= 0.3 is 0 Å². The third-order valence-electron chi connectivity index (χ3n) is 4.65. The van der Waals surface area contributed by atoms with Crippen molar-refractivity contribution in [3.05, 3.63) is 29.3 Å². The lowest BCUT2D eigenvalue weighted by Crippen LogP contribution is -2.38. The number of hydrogen-bond donors (Lipinski definition) is 4. The van der Waals surface area contributed by atoms with Crippen molar-refractivity contribution < 1.29 is 38.5 Å². The Balaban J connectivity index is 0. The molecule has 12 heteroatoms. The second kappa shape index (κ2) is 27.3. The van der Waals surface area contributed by atoms with Crippen LogP contribution in [0, 0.1) is 0 Å². The fraction of sp³-hybridized carbons (Fsp3) is 0.615. The molecule has 1 atom stereocenters. The summed E-state index contributed by atoms with van der Waals surface area (Å²) in [5.41, 5.74) is 9.83. The van der Waals surface area contributed by atoms with Crippen molar-refractivity contribution in [3.8, 4) is 0 Å². The van der Waals surface area contributed by atoms with Gasteiger partial charge < -0.3 is 35.2 Å². The van der Waals surface area contributed by atoms with E-state index in [9.17, 15) is 14.4 Å². The summed E-state index contributed by atoms with van der Waals surface area (Å²) in [6, 6.07) is 5.01. The number of nitrogens with one attached hydrogen (secondary N) is 2. The summed E-state index contributed by atoms with van der Waals surface area (Å²) in [7, 11) is 1.73. The summed E-state index contributed by atoms with van der Waals surface area (Å²) in [6.45, 7) is 9.96. The predicted octanol–water partition coefficient (Wildman–Crippen LogP) is 1.30. The molecular formula is C26H46N4O8. The molecule has 0 saturated heterocycles. The third-order valence-corrected chi connectivity index (χ3v) is 4.65. The molecule has 0 spiro atoms. The Kier molecular flexibility index (Phi) is 26.9. The number of aliphatic hydroxyl groups is 1. The third kappa shape index (κ3) is 21.4. The summed E-state index contributed by atoms with van der Waals surface area (Å²) in [4.78, 5) is 41.2. The van der Waals surface area contributed by atoms with E-state index in [1.807, 2.05) is 13.7 Å². The normalized spacial score (nSPS) is 10.9. The van der Waals surface area contributed by atoms with Crippen molar-refractivity contribution in [3.63, 3.8) is 0 Å². The van der Waals surface area contributed by atoms with Crippen molar-refractivity contribution in [1.29, 1.82) is 0 Å². The van der Waals surface area contributed by atoms with Crippen molar-refractivity contribution >= 4 is 31.1 Å². The van der Waals surface area contributed by atoms with Gasteiger partial charge in [-0.15, -0.1) is 0 Å². The van der Waals surface area contributed by atoms with Crippen LogP contribution >= 0.6 is 0 Å². The van der Waals surface area contributed by atoms with Gasteiger partial charge in [-0.3, -0.25) is 19.8 Å². The standard InChI is InChI=1S/C15H21N3O3.C10H23NO4.CH2O/c1-3-4-5-15(21)17-18(2)9-13-8-14(16-11-20)7-6-12(13)10-19;1-2-3-13-4-5-14-6-7-15-9-10(12)8-11;1-2/h6-8,10-11H,3-5,9H2,1-2H3,(H,16,20)(H,17,21);10,12H,2-9,11H2,1H3;1H2. The van der Waals surface area contributed by atoms with Crippen molar-refractivity contribution in [1.82, 2.24) is 10.4 Å². The molecule has 2 amide bonds. The van der Waals surface area contributed by atoms with Gasteiger partial charge in [0, 0.05) is 44.4 Å². The van der Waals surface area contributed by atoms with E-state index in [1.165, 1.54) is 0 Å². The minimum absolute atomic E-state index is 0.0471. The Morgan fingerprint density at radius 1 is 1.08 bits per heavy atom. The molecular weight excluding hydrogens is 496 g/mol. The number of carbonyl (C=O) groups is 4. The number of nitrogens with two attached hydrogens (primary N) is 1. The highest BCUT2D eigenvalue weighted by Gasteiger charge is 2.09. The molecule has 0 heterocycles. The number of amides is 2. The van der Waals surface area contributed by atoms with Crippen LogP contribution in [0.1, 0.15) is 55.5 Å². The summed E-state index contributed by atoms with van der Waals surface area (Å²) >= 11 is 0. The minimum Gasteiger partial charge on any atom is -0.389 e. The molecule has 5 N–H and O–H groups in total. The first-order chi connectivity index (χ1) is 18.4. The predicted molar refractivity (Wildman–Crippen MR) is 146 cm³/mol. The van der Waals surface area contributed by atoms with Crippen LogP contribution in [0.3, 0.4) is 0 Å². The van der Waals surface area contributed by atoms with Gasteiger partial charge in [-0.05, 0) is 36.6 Å². The van der Waals surface area contributed by atoms with Gasteiger partial charge in [-0.2, -0.15) is 0 Å². The lowest BCUT2D eigenvalue weighted by Gasteiger charge is -2.19. The lowest BCUT2D eigenvalue weighted by molar-refractivity contribution is -0.125. The number of hydrazine groups is 1. The average molecular weight is 543 g/mol. The van der Waals surface area contributed by atoms with Crippen LogP contribution < -0.4 is 16.5 Å². The van der Waals surface area contributed by atoms with Crippen molar-refractivity contribution in [2.45, 2.75) is 52.2 Å². The minimum atomic E-state index is -0.571. The molecule has 1 aromatic carbocycles. The zero-order valence-electron chi connectivity index (χ0n) is 23.0. The monoisotopic (exact) mass is 542 g/mol. The number of aliphatic hydroxyl groups excluding tert-OH is 1. The zero-order chi connectivity index (χ0) is 29.0. The molecule has 1 aromatic rings. The number of aldehydes is 1. The van der Waals surface area contributed by atoms with E-state index in [1.54, 1.807) is 30.3 Å². The number of ether oxygens (including phenoxy) is 3. The summed E-state index contributed by atoms with van der Waals surface area (Å²) in [5, 5.41) is 13.2. The highest BCUT2D eigenvalue weighted by atomic mass is 16.5. The van der Waals surface area contributed by atoms with Crippen LogP contribution in [0.15, 0.2) is 18.2 Å². The fourth-order valence-electron chi connectivity index (χ4n) is 2.79. The molecule has 0 fully saturated rings. The Labute approximate surface area is 226 Å². The summed E-state index contributed by atoms with van der Waals surface area (Å²) in [5.74, 6) is -0.0471. The SMILES string of the molecule is C=O.CCCCC(=O)NN(C)Cc1cc(NC=O)ccc1C=O.CCCOCCOCCOCC(O)CN.